The van der Waals surface area contributed by atoms with Crippen LogP contribution < -0.4 is 10.0 Å². The van der Waals surface area contributed by atoms with E-state index in [0.717, 1.165) is 6.42 Å². The van der Waals surface area contributed by atoms with E-state index in [9.17, 15) is 13.2 Å². The average Bonchev–Trinajstić information content (AvgIpc) is 2.48. The van der Waals surface area contributed by atoms with Crippen molar-refractivity contribution in [3.8, 4) is 11.8 Å². The van der Waals surface area contributed by atoms with Crippen molar-refractivity contribution in [2.45, 2.75) is 23.8 Å². The van der Waals surface area contributed by atoms with E-state index < -0.39 is 16.1 Å². The number of carbonyl (C=O) groups is 1. The van der Waals surface area contributed by atoms with E-state index in [1.807, 2.05) is 0 Å². The molecule has 21 heavy (non-hydrogen) atoms. The lowest BCUT2D eigenvalue weighted by Gasteiger charge is -2.22. The maximum absolute atomic E-state index is 12.3. The summed E-state index contributed by atoms with van der Waals surface area (Å²) in [7, 11) is -3.78. The van der Waals surface area contributed by atoms with Crippen molar-refractivity contribution in [1.82, 2.24) is 10.0 Å². The minimum atomic E-state index is -3.78. The fourth-order valence-electron chi connectivity index (χ4n) is 2.02. The van der Waals surface area contributed by atoms with Crippen molar-refractivity contribution in [3.63, 3.8) is 0 Å². The molecule has 1 aromatic carbocycles. The van der Waals surface area contributed by atoms with Gasteiger partial charge in [-0.3, -0.25) is 4.79 Å². The number of nitrogens with one attached hydrogen (secondary N) is 2. The van der Waals surface area contributed by atoms with E-state index in [4.69, 9.17) is 5.11 Å². The molecule has 6 nitrogen and oxygen atoms in total. The highest BCUT2D eigenvalue weighted by atomic mass is 32.2. The maximum Gasteiger partial charge on any atom is 0.241 e. The molecule has 0 saturated carbocycles. The number of aliphatic hydroxyl groups excluding tert-OH is 1. The van der Waals surface area contributed by atoms with Gasteiger partial charge in [-0.05, 0) is 31.0 Å². The molecule has 2 rings (SSSR count). The lowest BCUT2D eigenvalue weighted by Crippen LogP contribution is -2.50. The van der Waals surface area contributed by atoms with Gasteiger partial charge in [-0.2, -0.15) is 4.72 Å². The van der Waals surface area contributed by atoms with Crippen molar-refractivity contribution >= 4 is 15.9 Å². The van der Waals surface area contributed by atoms with E-state index in [0.29, 0.717) is 18.5 Å². The Kier molecular flexibility index (Phi) is 4.96. The lowest BCUT2D eigenvalue weighted by molar-refractivity contribution is -0.124. The van der Waals surface area contributed by atoms with Crippen molar-refractivity contribution in [2.24, 2.45) is 0 Å². The van der Waals surface area contributed by atoms with Crippen LogP contribution in [0, 0.1) is 11.8 Å². The summed E-state index contributed by atoms with van der Waals surface area (Å²) in [6.07, 6.45) is 1.22. The molecular weight excluding hydrogens is 292 g/mol. The number of hydrogen-bond donors (Lipinski definition) is 3. The molecule has 3 N–H and O–H groups in total. The van der Waals surface area contributed by atoms with Gasteiger partial charge in [0.15, 0.2) is 0 Å². The molecule has 0 aliphatic carbocycles. The third kappa shape index (κ3) is 4.04. The van der Waals surface area contributed by atoms with Crippen LogP contribution in [0.2, 0.25) is 0 Å². The second kappa shape index (κ2) is 6.72. The Morgan fingerprint density at radius 1 is 1.43 bits per heavy atom. The topological polar surface area (TPSA) is 95.5 Å². The quantitative estimate of drug-likeness (QED) is 0.661. The van der Waals surface area contributed by atoms with Crippen LogP contribution >= 0.6 is 0 Å². The zero-order valence-electron chi connectivity index (χ0n) is 11.3. The van der Waals surface area contributed by atoms with E-state index in [-0.39, 0.29) is 17.4 Å². The molecule has 1 heterocycles. The van der Waals surface area contributed by atoms with Crippen LogP contribution in [0.15, 0.2) is 29.2 Å². The van der Waals surface area contributed by atoms with Gasteiger partial charge in [0.2, 0.25) is 15.9 Å². The van der Waals surface area contributed by atoms with Gasteiger partial charge in [0, 0.05) is 12.1 Å². The molecule has 1 unspecified atom stereocenters. The average molecular weight is 308 g/mol. The fourth-order valence-corrected chi connectivity index (χ4v) is 3.30. The van der Waals surface area contributed by atoms with Gasteiger partial charge in [0.05, 0.1) is 4.90 Å². The number of piperidine rings is 1. The van der Waals surface area contributed by atoms with Gasteiger partial charge < -0.3 is 10.4 Å². The minimum Gasteiger partial charge on any atom is -0.384 e. The molecule has 1 aromatic rings. The molecule has 1 aliphatic rings. The zero-order valence-corrected chi connectivity index (χ0v) is 12.1. The second-order valence-electron chi connectivity index (χ2n) is 4.59. The van der Waals surface area contributed by atoms with E-state index in [1.165, 1.54) is 12.1 Å². The Morgan fingerprint density at radius 2 is 2.24 bits per heavy atom. The largest absolute Gasteiger partial charge is 0.384 e. The van der Waals surface area contributed by atoms with E-state index in [2.05, 4.69) is 21.9 Å². The highest BCUT2D eigenvalue weighted by Crippen LogP contribution is 2.13. The third-order valence-electron chi connectivity index (χ3n) is 3.04. The number of benzene rings is 1. The molecule has 0 radical (unpaired) electrons. The first-order chi connectivity index (χ1) is 10.0. The summed E-state index contributed by atoms with van der Waals surface area (Å²) < 4.78 is 27.0. The van der Waals surface area contributed by atoms with E-state index >= 15 is 0 Å². The van der Waals surface area contributed by atoms with Gasteiger partial charge in [-0.15, -0.1) is 0 Å². The summed E-state index contributed by atoms with van der Waals surface area (Å²) in [5.74, 6) is 4.80. The summed E-state index contributed by atoms with van der Waals surface area (Å²) >= 11 is 0. The molecule has 0 spiro atoms. The Hall–Kier alpha value is -1.88. The third-order valence-corrected chi connectivity index (χ3v) is 4.51. The molecule has 7 heteroatoms. The summed E-state index contributed by atoms with van der Waals surface area (Å²) in [4.78, 5) is 11.7. The Balaban J connectivity index is 2.21. The predicted octanol–water partition coefficient (Wildman–Crippen LogP) is -0.413. The van der Waals surface area contributed by atoms with Crippen molar-refractivity contribution in [3.05, 3.63) is 29.8 Å². The van der Waals surface area contributed by atoms with E-state index in [1.54, 1.807) is 12.1 Å². The molecule has 112 valence electrons. The standard InChI is InChI=1S/C14H16N2O4S/c17-9-3-5-11-4-1-6-12(10-11)21(19,20)16-13-7-2-8-15-14(13)18/h1,4,6,10,13,16-17H,2,7-9H2,(H,15,18). The molecule has 1 atom stereocenters. The SMILES string of the molecule is O=C1NCCCC1NS(=O)(=O)c1cccc(C#CCO)c1. The molecule has 0 aromatic heterocycles. The van der Waals surface area contributed by atoms with Crippen LogP contribution in [-0.4, -0.2) is 38.6 Å². The first-order valence-electron chi connectivity index (χ1n) is 6.53. The molecule has 1 amide bonds. The summed E-state index contributed by atoms with van der Waals surface area (Å²) in [6, 6.07) is 5.32. The van der Waals surface area contributed by atoms with Gasteiger partial charge in [0.1, 0.15) is 12.6 Å². The Bertz CT molecular complexity index is 688. The first kappa shape index (κ1) is 15.5. The smallest absolute Gasteiger partial charge is 0.241 e. The van der Waals surface area contributed by atoms with Crippen LogP contribution in [0.3, 0.4) is 0 Å². The molecule has 1 fully saturated rings. The van der Waals surface area contributed by atoms with Crippen molar-refractivity contribution < 1.29 is 18.3 Å². The lowest BCUT2D eigenvalue weighted by atomic mass is 10.1. The summed E-state index contributed by atoms with van der Waals surface area (Å²) in [5, 5.41) is 11.3. The molecule has 1 saturated heterocycles. The van der Waals surface area contributed by atoms with Crippen LogP contribution in [0.4, 0.5) is 0 Å². The normalized spacial score (nSPS) is 18.5. The molecule has 0 bridgehead atoms. The van der Waals surface area contributed by atoms with Gasteiger partial charge >= 0.3 is 0 Å². The van der Waals surface area contributed by atoms with Crippen LogP contribution in [0.25, 0.3) is 0 Å². The highest BCUT2D eigenvalue weighted by molar-refractivity contribution is 7.89. The number of amides is 1. The Morgan fingerprint density at radius 3 is 2.95 bits per heavy atom. The number of hydrogen-bond acceptors (Lipinski definition) is 4. The van der Waals surface area contributed by atoms with Crippen LogP contribution in [0.5, 0.6) is 0 Å². The Labute approximate surface area is 123 Å². The zero-order chi connectivity index (χ0) is 15.3. The molecular formula is C14H16N2O4S. The van der Waals surface area contributed by atoms with Crippen molar-refractivity contribution in [2.75, 3.05) is 13.2 Å². The molecule has 1 aliphatic heterocycles. The van der Waals surface area contributed by atoms with Crippen LogP contribution in [-0.2, 0) is 14.8 Å². The highest BCUT2D eigenvalue weighted by Gasteiger charge is 2.27. The number of aliphatic hydroxyl groups is 1. The maximum atomic E-state index is 12.3. The van der Waals surface area contributed by atoms with Gasteiger partial charge in [-0.1, -0.05) is 17.9 Å². The second-order valence-corrected chi connectivity index (χ2v) is 6.31. The number of carbonyl (C=O) groups excluding carboxylic acids is 1. The number of rotatable bonds is 3. The van der Waals surface area contributed by atoms with Crippen LogP contribution in [0.1, 0.15) is 18.4 Å². The van der Waals surface area contributed by atoms with Gasteiger partial charge in [0.25, 0.3) is 0 Å². The fraction of sp³-hybridized carbons (Fsp3) is 0.357. The predicted molar refractivity (Wildman–Crippen MR) is 76.8 cm³/mol. The number of sulfonamides is 1. The van der Waals surface area contributed by atoms with Crippen molar-refractivity contribution in [1.29, 1.82) is 0 Å². The summed E-state index contributed by atoms with van der Waals surface area (Å²) in [6.45, 7) is 0.279. The first-order valence-corrected chi connectivity index (χ1v) is 8.01. The minimum absolute atomic E-state index is 0.0469. The monoisotopic (exact) mass is 308 g/mol. The summed E-state index contributed by atoms with van der Waals surface area (Å²) in [5.41, 5.74) is 0.486. The van der Waals surface area contributed by atoms with Gasteiger partial charge in [-0.25, -0.2) is 8.42 Å².